The zero-order valence-electron chi connectivity index (χ0n) is 16.4. The number of nitrogens with one attached hydrogen (secondary N) is 1. The summed E-state index contributed by atoms with van der Waals surface area (Å²) < 4.78 is 1.89. The van der Waals surface area contributed by atoms with E-state index < -0.39 is 0 Å². The fourth-order valence-corrected chi connectivity index (χ4v) is 3.58. The first-order valence-electron chi connectivity index (χ1n) is 9.71. The van der Waals surface area contributed by atoms with E-state index >= 15 is 0 Å². The molecule has 140 valence electrons. The third-order valence-corrected chi connectivity index (χ3v) is 5.41. The summed E-state index contributed by atoms with van der Waals surface area (Å²) in [5.41, 5.74) is 4.40. The highest BCUT2D eigenvalue weighted by molar-refractivity contribution is 6.06. The van der Waals surface area contributed by atoms with Gasteiger partial charge in [0.1, 0.15) is 0 Å². The summed E-state index contributed by atoms with van der Waals surface area (Å²) in [4.78, 5) is 18.0. The zero-order valence-corrected chi connectivity index (χ0v) is 16.4. The molecule has 1 atom stereocenters. The largest absolute Gasteiger partial charge is 0.349 e. The van der Waals surface area contributed by atoms with E-state index in [2.05, 4.69) is 44.2 Å². The van der Waals surface area contributed by atoms with Gasteiger partial charge in [-0.25, -0.2) is 9.67 Å². The lowest BCUT2D eigenvalue weighted by molar-refractivity contribution is 0.0937. The summed E-state index contributed by atoms with van der Waals surface area (Å²) in [6.07, 6.45) is 4.17. The number of hydrogen-bond acceptors (Lipinski definition) is 3. The molecule has 2 heterocycles. The molecule has 1 aliphatic rings. The van der Waals surface area contributed by atoms with Crippen LogP contribution in [0.15, 0.2) is 36.5 Å². The highest BCUT2D eigenvalue weighted by Crippen LogP contribution is 2.33. The number of carbonyl (C=O) groups is 1. The maximum absolute atomic E-state index is 13.1. The van der Waals surface area contributed by atoms with Gasteiger partial charge >= 0.3 is 0 Å². The van der Waals surface area contributed by atoms with Gasteiger partial charge in [-0.1, -0.05) is 24.3 Å². The Kier molecular flexibility index (Phi) is 4.46. The van der Waals surface area contributed by atoms with Crippen molar-refractivity contribution in [1.29, 1.82) is 0 Å². The summed E-state index contributed by atoms with van der Waals surface area (Å²) >= 11 is 0. The van der Waals surface area contributed by atoms with Crippen LogP contribution < -0.4 is 5.32 Å². The van der Waals surface area contributed by atoms with Crippen molar-refractivity contribution in [2.75, 3.05) is 0 Å². The van der Waals surface area contributed by atoms with Gasteiger partial charge in [0, 0.05) is 17.6 Å². The molecule has 5 heteroatoms. The number of carbonyl (C=O) groups excluding carboxylic acids is 1. The average molecular weight is 362 g/mol. The van der Waals surface area contributed by atoms with Crippen molar-refractivity contribution >= 4 is 16.9 Å². The first kappa shape index (κ1) is 17.7. The number of aromatic nitrogens is 3. The van der Waals surface area contributed by atoms with Gasteiger partial charge < -0.3 is 5.32 Å². The Morgan fingerprint density at radius 3 is 2.63 bits per heavy atom. The fourth-order valence-electron chi connectivity index (χ4n) is 3.58. The standard InChI is InChI=1S/C22H26N4O/c1-13(2)26-21-19(12-23-26)18(22(27)24-15(4)16-9-10-16)11-20(25-21)17-8-6-5-7-14(17)3/h5-8,11-13,15-16H,9-10H2,1-4H3,(H,24,27)/t15-/m1/s1. The molecule has 0 spiro atoms. The second kappa shape index (κ2) is 6.80. The molecule has 1 saturated carbocycles. The zero-order chi connectivity index (χ0) is 19.1. The Hall–Kier alpha value is -2.69. The predicted molar refractivity (Wildman–Crippen MR) is 108 cm³/mol. The van der Waals surface area contributed by atoms with Crippen molar-refractivity contribution in [1.82, 2.24) is 20.1 Å². The molecule has 1 amide bonds. The lowest BCUT2D eigenvalue weighted by Gasteiger charge is -2.15. The Morgan fingerprint density at radius 1 is 1.22 bits per heavy atom. The number of nitrogens with zero attached hydrogens (tertiary/aromatic N) is 3. The molecule has 2 aromatic heterocycles. The third kappa shape index (κ3) is 3.34. The van der Waals surface area contributed by atoms with Crippen molar-refractivity contribution in [2.24, 2.45) is 5.92 Å². The first-order valence-corrected chi connectivity index (χ1v) is 9.71. The fraction of sp³-hybridized carbons (Fsp3) is 0.409. The van der Waals surface area contributed by atoms with Crippen LogP contribution in [0.2, 0.25) is 0 Å². The maximum atomic E-state index is 13.1. The van der Waals surface area contributed by atoms with Gasteiger partial charge in [0.15, 0.2) is 5.65 Å². The second-order valence-corrected chi connectivity index (χ2v) is 7.89. The molecule has 1 aliphatic carbocycles. The molecular weight excluding hydrogens is 336 g/mol. The summed E-state index contributed by atoms with van der Waals surface area (Å²) in [7, 11) is 0. The maximum Gasteiger partial charge on any atom is 0.252 e. The van der Waals surface area contributed by atoms with Crippen LogP contribution in [0, 0.1) is 12.8 Å². The molecule has 0 unspecified atom stereocenters. The van der Waals surface area contributed by atoms with E-state index in [0.717, 1.165) is 27.9 Å². The van der Waals surface area contributed by atoms with Crippen molar-refractivity contribution in [3.8, 4) is 11.3 Å². The van der Waals surface area contributed by atoms with Gasteiger partial charge in [-0.2, -0.15) is 5.10 Å². The van der Waals surface area contributed by atoms with E-state index in [9.17, 15) is 4.79 Å². The van der Waals surface area contributed by atoms with Crippen LogP contribution in [0.5, 0.6) is 0 Å². The monoisotopic (exact) mass is 362 g/mol. The van der Waals surface area contributed by atoms with E-state index in [1.165, 1.54) is 12.8 Å². The predicted octanol–water partition coefficient (Wildman–Crippen LogP) is 4.52. The lowest BCUT2D eigenvalue weighted by Crippen LogP contribution is -2.34. The van der Waals surface area contributed by atoms with Gasteiger partial charge in [-0.15, -0.1) is 0 Å². The minimum absolute atomic E-state index is 0.0417. The van der Waals surface area contributed by atoms with Gasteiger partial charge in [0.2, 0.25) is 0 Å². The molecule has 5 nitrogen and oxygen atoms in total. The van der Waals surface area contributed by atoms with Crippen LogP contribution in [0.25, 0.3) is 22.3 Å². The normalized spacial score (nSPS) is 15.3. The molecule has 0 radical (unpaired) electrons. The number of rotatable bonds is 5. The van der Waals surface area contributed by atoms with Crippen molar-refractivity contribution in [3.63, 3.8) is 0 Å². The molecule has 4 rings (SSSR count). The van der Waals surface area contributed by atoms with Crippen LogP contribution in [0.4, 0.5) is 0 Å². The molecule has 0 saturated heterocycles. The Bertz CT molecular complexity index is 1000. The van der Waals surface area contributed by atoms with Crippen molar-refractivity contribution in [3.05, 3.63) is 47.7 Å². The van der Waals surface area contributed by atoms with Crippen LogP contribution in [0.3, 0.4) is 0 Å². The van der Waals surface area contributed by atoms with Crippen molar-refractivity contribution in [2.45, 2.75) is 52.6 Å². The molecule has 27 heavy (non-hydrogen) atoms. The molecule has 1 fully saturated rings. The molecule has 1 aromatic carbocycles. The number of benzene rings is 1. The van der Waals surface area contributed by atoms with Gasteiger partial charge in [0.05, 0.1) is 22.8 Å². The average Bonchev–Trinajstić information content (AvgIpc) is 3.40. The lowest BCUT2D eigenvalue weighted by atomic mass is 10.0. The summed E-state index contributed by atoms with van der Waals surface area (Å²) in [5, 5.41) is 8.48. The van der Waals surface area contributed by atoms with E-state index in [0.29, 0.717) is 11.5 Å². The number of fused-ring (bicyclic) bond motifs is 1. The summed E-state index contributed by atoms with van der Waals surface area (Å²) in [5.74, 6) is 0.570. The van der Waals surface area contributed by atoms with Crippen LogP contribution in [0.1, 0.15) is 55.6 Å². The van der Waals surface area contributed by atoms with Crippen molar-refractivity contribution < 1.29 is 4.79 Å². The molecule has 1 N–H and O–H groups in total. The van der Waals surface area contributed by atoms with Crippen LogP contribution >= 0.6 is 0 Å². The third-order valence-electron chi connectivity index (χ3n) is 5.41. The molecule has 3 aromatic rings. The highest BCUT2D eigenvalue weighted by Gasteiger charge is 2.30. The van der Waals surface area contributed by atoms with Gasteiger partial charge in [-0.05, 0) is 58.1 Å². The van der Waals surface area contributed by atoms with E-state index in [4.69, 9.17) is 4.98 Å². The Balaban J connectivity index is 1.85. The molecule has 0 bridgehead atoms. The Morgan fingerprint density at radius 2 is 1.96 bits per heavy atom. The number of aryl methyl sites for hydroxylation is 1. The second-order valence-electron chi connectivity index (χ2n) is 7.89. The van der Waals surface area contributed by atoms with Crippen LogP contribution in [-0.4, -0.2) is 26.7 Å². The van der Waals surface area contributed by atoms with E-state index in [1.54, 1.807) is 6.20 Å². The van der Waals surface area contributed by atoms with Crippen LogP contribution in [-0.2, 0) is 0 Å². The first-order chi connectivity index (χ1) is 13.0. The molecular formula is C22H26N4O. The molecule has 0 aliphatic heterocycles. The highest BCUT2D eigenvalue weighted by atomic mass is 16.1. The van der Waals surface area contributed by atoms with Gasteiger partial charge in [0.25, 0.3) is 5.91 Å². The summed E-state index contributed by atoms with van der Waals surface area (Å²) in [6, 6.07) is 10.4. The van der Waals surface area contributed by atoms with Gasteiger partial charge in [-0.3, -0.25) is 4.79 Å². The minimum atomic E-state index is -0.0417. The number of pyridine rings is 1. The minimum Gasteiger partial charge on any atom is -0.349 e. The van der Waals surface area contributed by atoms with E-state index in [-0.39, 0.29) is 18.0 Å². The quantitative estimate of drug-likeness (QED) is 0.726. The van der Waals surface area contributed by atoms with E-state index in [1.807, 2.05) is 28.9 Å². The topological polar surface area (TPSA) is 59.8 Å². The number of amides is 1. The smallest absolute Gasteiger partial charge is 0.252 e. The number of hydrogen-bond donors (Lipinski definition) is 1. The Labute approximate surface area is 159 Å². The SMILES string of the molecule is Cc1ccccc1-c1cc(C(=O)N[C@H](C)C2CC2)c2cnn(C(C)C)c2n1. The summed E-state index contributed by atoms with van der Waals surface area (Å²) in [6.45, 7) is 8.30.